The third-order valence-electron chi connectivity index (χ3n) is 3.31. The van der Waals surface area contributed by atoms with Gasteiger partial charge in [-0.05, 0) is 37.3 Å². The summed E-state index contributed by atoms with van der Waals surface area (Å²) in [6.07, 6.45) is 1.59. The maximum atomic E-state index is 9.37. The zero-order chi connectivity index (χ0) is 15.4. The Morgan fingerprint density at radius 3 is 2.65 bits per heavy atom. The smallest absolute Gasteiger partial charge is 0.120 e. The van der Waals surface area contributed by atoms with E-state index in [0.717, 1.165) is 28.0 Å². The number of nitrogens with zero attached hydrogens (tertiary/aromatic N) is 2. The minimum absolute atomic E-state index is 0. The zero-order valence-corrected chi connectivity index (χ0v) is 13.4. The van der Waals surface area contributed by atoms with E-state index in [4.69, 9.17) is 4.74 Å². The fourth-order valence-electron chi connectivity index (χ4n) is 2.31. The number of nitriles is 1. The summed E-state index contributed by atoms with van der Waals surface area (Å²) in [7, 11) is 0. The number of para-hydroxylation sites is 1. The maximum Gasteiger partial charge on any atom is 0.120 e. The number of hydrogen-bond donors (Lipinski definition) is 1. The lowest BCUT2D eigenvalue weighted by Crippen LogP contribution is -1.98. The van der Waals surface area contributed by atoms with Crippen molar-refractivity contribution in [3.05, 3.63) is 60.3 Å². The van der Waals surface area contributed by atoms with Gasteiger partial charge in [-0.2, -0.15) is 5.26 Å². The molecule has 0 atom stereocenters. The van der Waals surface area contributed by atoms with Crippen LogP contribution in [0, 0.1) is 11.3 Å². The standard InChI is InChI=1S/C18H15N3O.ClH/c1-2-22-15-8-9-17-16(10-15)18(13(11-19)12-20-17)21-14-6-4-3-5-7-14;/h3-10,12H,2H2,1H3,(H,20,21);1H. The van der Waals surface area contributed by atoms with Crippen LogP contribution in [0.5, 0.6) is 5.75 Å². The van der Waals surface area contributed by atoms with E-state index in [-0.39, 0.29) is 12.4 Å². The fraction of sp³-hybridized carbons (Fsp3) is 0.111. The predicted molar refractivity (Wildman–Crippen MR) is 94.6 cm³/mol. The lowest BCUT2D eigenvalue weighted by atomic mass is 10.1. The van der Waals surface area contributed by atoms with Crippen molar-refractivity contribution in [2.24, 2.45) is 0 Å². The van der Waals surface area contributed by atoms with E-state index >= 15 is 0 Å². The van der Waals surface area contributed by atoms with Crippen LogP contribution in [0.3, 0.4) is 0 Å². The highest BCUT2D eigenvalue weighted by Crippen LogP contribution is 2.31. The summed E-state index contributed by atoms with van der Waals surface area (Å²) in [4.78, 5) is 4.34. The van der Waals surface area contributed by atoms with Gasteiger partial charge in [-0.1, -0.05) is 18.2 Å². The van der Waals surface area contributed by atoms with Gasteiger partial charge < -0.3 is 10.1 Å². The lowest BCUT2D eigenvalue weighted by molar-refractivity contribution is 0.340. The Balaban J connectivity index is 0.00000192. The number of anilines is 2. The third kappa shape index (κ3) is 3.53. The molecule has 3 rings (SSSR count). The fourth-order valence-corrected chi connectivity index (χ4v) is 2.31. The number of halogens is 1. The first-order valence-electron chi connectivity index (χ1n) is 7.09. The van der Waals surface area contributed by atoms with E-state index in [2.05, 4.69) is 16.4 Å². The Kier molecular flexibility index (Phi) is 5.40. The normalized spacial score (nSPS) is 9.74. The number of hydrogen-bond acceptors (Lipinski definition) is 4. The van der Waals surface area contributed by atoms with Crippen LogP contribution >= 0.6 is 12.4 Å². The van der Waals surface area contributed by atoms with Crippen molar-refractivity contribution in [1.29, 1.82) is 5.26 Å². The maximum absolute atomic E-state index is 9.37. The molecular formula is C18H16ClN3O. The molecule has 0 saturated carbocycles. The molecule has 0 aliphatic rings. The first-order valence-corrected chi connectivity index (χ1v) is 7.09. The molecular weight excluding hydrogens is 310 g/mol. The molecule has 23 heavy (non-hydrogen) atoms. The van der Waals surface area contributed by atoms with Gasteiger partial charge >= 0.3 is 0 Å². The summed E-state index contributed by atoms with van der Waals surface area (Å²) in [5.74, 6) is 0.767. The van der Waals surface area contributed by atoms with Crippen LogP contribution in [0.15, 0.2) is 54.7 Å². The van der Waals surface area contributed by atoms with E-state index in [1.807, 2.05) is 55.5 Å². The van der Waals surface area contributed by atoms with Crippen LogP contribution in [0.4, 0.5) is 11.4 Å². The highest BCUT2D eigenvalue weighted by molar-refractivity contribution is 5.96. The van der Waals surface area contributed by atoms with E-state index in [1.165, 1.54) is 0 Å². The summed E-state index contributed by atoms with van der Waals surface area (Å²) in [6.45, 7) is 2.54. The number of pyridine rings is 1. The van der Waals surface area contributed by atoms with Crippen molar-refractivity contribution in [3.8, 4) is 11.8 Å². The average molecular weight is 326 g/mol. The van der Waals surface area contributed by atoms with Crippen LogP contribution in [0.2, 0.25) is 0 Å². The summed E-state index contributed by atoms with van der Waals surface area (Å²) >= 11 is 0. The molecule has 116 valence electrons. The molecule has 1 heterocycles. The molecule has 0 radical (unpaired) electrons. The van der Waals surface area contributed by atoms with Crippen molar-refractivity contribution < 1.29 is 4.74 Å². The largest absolute Gasteiger partial charge is 0.494 e. The molecule has 0 unspecified atom stereocenters. The highest BCUT2D eigenvalue weighted by atomic mass is 35.5. The molecule has 1 N–H and O–H groups in total. The van der Waals surface area contributed by atoms with Gasteiger partial charge in [-0.3, -0.25) is 4.98 Å². The first kappa shape index (κ1) is 16.6. The van der Waals surface area contributed by atoms with Crippen molar-refractivity contribution in [1.82, 2.24) is 4.98 Å². The molecule has 3 aromatic rings. The molecule has 4 nitrogen and oxygen atoms in total. The van der Waals surface area contributed by atoms with Crippen molar-refractivity contribution in [3.63, 3.8) is 0 Å². The molecule has 2 aromatic carbocycles. The molecule has 0 aliphatic carbocycles. The van der Waals surface area contributed by atoms with E-state index < -0.39 is 0 Å². The van der Waals surface area contributed by atoms with Crippen LogP contribution in [-0.2, 0) is 0 Å². The van der Waals surface area contributed by atoms with Crippen molar-refractivity contribution in [2.45, 2.75) is 6.92 Å². The average Bonchev–Trinajstić information content (AvgIpc) is 2.56. The topological polar surface area (TPSA) is 57.9 Å². The Hall–Kier alpha value is -2.77. The van der Waals surface area contributed by atoms with Gasteiger partial charge in [0, 0.05) is 17.3 Å². The second-order valence-corrected chi connectivity index (χ2v) is 4.76. The molecule has 5 heteroatoms. The molecule has 0 amide bonds. The lowest BCUT2D eigenvalue weighted by Gasteiger charge is -2.12. The van der Waals surface area contributed by atoms with E-state index in [0.29, 0.717) is 12.2 Å². The van der Waals surface area contributed by atoms with Gasteiger partial charge in [0.15, 0.2) is 0 Å². The molecule has 0 fully saturated rings. The number of nitrogens with one attached hydrogen (secondary N) is 1. The number of benzene rings is 2. The predicted octanol–water partition coefficient (Wildman–Crippen LogP) is 4.67. The quantitative estimate of drug-likeness (QED) is 0.757. The minimum Gasteiger partial charge on any atom is -0.494 e. The van der Waals surface area contributed by atoms with E-state index in [1.54, 1.807) is 6.20 Å². The number of fused-ring (bicyclic) bond motifs is 1. The SMILES string of the molecule is CCOc1ccc2ncc(C#N)c(Nc3ccccc3)c2c1.Cl. The van der Waals surface area contributed by atoms with Crippen molar-refractivity contribution in [2.75, 3.05) is 11.9 Å². The molecule has 1 aromatic heterocycles. The van der Waals surface area contributed by atoms with Gasteiger partial charge in [0.2, 0.25) is 0 Å². The third-order valence-corrected chi connectivity index (χ3v) is 3.31. The molecule has 0 aliphatic heterocycles. The minimum atomic E-state index is 0. The number of ether oxygens (including phenoxy) is 1. The van der Waals surface area contributed by atoms with Gasteiger partial charge in [0.1, 0.15) is 11.8 Å². The van der Waals surface area contributed by atoms with Gasteiger partial charge in [0.05, 0.1) is 23.4 Å². The first-order chi connectivity index (χ1) is 10.8. The Morgan fingerprint density at radius 2 is 1.96 bits per heavy atom. The monoisotopic (exact) mass is 325 g/mol. The molecule has 0 bridgehead atoms. The summed E-state index contributed by atoms with van der Waals surface area (Å²) in [5.41, 5.74) is 3.00. The second kappa shape index (κ2) is 7.48. The Morgan fingerprint density at radius 1 is 1.17 bits per heavy atom. The number of aromatic nitrogens is 1. The van der Waals surface area contributed by atoms with Crippen LogP contribution in [0.25, 0.3) is 10.9 Å². The van der Waals surface area contributed by atoms with Gasteiger partial charge in [-0.15, -0.1) is 12.4 Å². The van der Waals surface area contributed by atoms with Gasteiger partial charge in [-0.25, -0.2) is 0 Å². The van der Waals surface area contributed by atoms with Crippen LogP contribution in [-0.4, -0.2) is 11.6 Å². The van der Waals surface area contributed by atoms with Crippen LogP contribution in [0.1, 0.15) is 12.5 Å². The molecule has 0 spiro atoms. The van der Waals surface area contributed by atoms with Gasteiger partial charge in [0.25, 0.3) is 0 Å². The summed E-state index contributed by atoms with van der Waals surface area (Å²) in [6, 6.07) is 17.7. The van der Waals surface area contributed by atoms with Crippen molar-refractivity contribution >= 4 is 34.7 Å². The summed E-state index contributed by atoms with van der Waals surface area (Å²) in [5, 5.41) is 13.6. The Labute approximate surface area is 141 Å². The highest BCUT2D eigenvalue weighted by Gasteiger charge is 2.10. The Bertz CT molecular complexity index is 844. The summed E-state index contributed by atoms with van der Waals surface area (Å²) < 4.78 is 5.55. The van der Waals surface area contributed by atoms with Crippen LogP contribution < -0.4 is 10.1 Å². The van der Waals surface area contributed by atoms with E-state index in [9.17, 15) is 5.26 Å². The zero-order valence-electron chi connectivity index (χ0n) is 12.6. The second-order valence-electron chi connectivity index (χ2n) is 4.76. The number of rotatable bonds is 4. The molecule has 0 saturated heterocycles.